The molecule has 0 amide bonds. The van der Waals surface area contributed by atoms with Gasteiger partial charge in [0.2, 0.25) is 11.6 Å². The average Bonchev–Trinajstić information content (AvgIpc) is 3.92. The molecule has 12 rings (SSSR count). The van der Waals surface area contributed by atoms with Gasteiger partial charge in [-0.05, 0) is 60.1 Å². The molecular formula is C41H24IrN7-. The summed E-state index contributed by atoms with van der Waals surface area (Å²) in [5, 5.41) is 3.48. The Morgan fingerprint density at radius 2 is 0.898 bits per heavy atom. The minimum absolute atomic E-state index is 0. The summed E-state index contributed by atoms with van der Waals surface area (Å²) in [6, 6.07) is 53.5. The molecule has 0 saturated carbocycles. The van der Waals surface area contributed by atoms with Gasteiger partial charge in [0.15, 0.2) is 0 Å². The van der Waals surface area contributed by atoms with Gasteiger partial charge in [-0.2, -0.15) is 0 Å². The summed E-state index contributed by atoms with van der Waals surface area (Å²) >= 11 is 0. The van der Waals surface area contributed by atoms with Gasteiger partial charge in [0, 0.05) is 30.9 Å². The molecule has 8 heteroatoms. The quantitative estimate of drug-likeness (QED) is 0.144. The minimum Gasteiger partial charge on any atom is -0.320 e. The standard InChI is InChI=1S/C21H13N3.C20H11N4.Ir/c1-4-10-17-14(7-1)13-20-15-8-2-5-11-18(15)24-19-12-6-3-9-16(19)22-21(24)23(17)20;1-4-10-16-13(7-1)19-21-14-8-2-6-12-18(14)24(19)20-22-15-9-3-5-11-17(15)23(16)20;/h1-13H;1-6,8-12H;/q;-1;. The van der Waals surface area contributed by atoms with E-state index in [1.807, 2.05) is 54.6 Å². The van der Waals surface area contributed by atoms with Gasteiger partial charge in [0.05, 0.1) is 55.3 Å². The van der Waals surface area contributed by atoms with Crippen molar-refractivity contribution in [3.63, 3.8) is 0 Å². The summed E-state index contributed by atoms with van der Waals surface area (Å²) in [5.41, 5.74) is 11.8. The number of para-hydroxylation sites is 8. The molecule has 0 aliphatic carbocycles. The van der Waals surface area contributed by atoms with Gasteiger partial charge in [-0.25, -0.2) is 9.97 Å². The fourth-order valence-electron chi connectivity index (χ4n) is 7.44. The Morgan fingerprint density at radius 1 is 0.408 bits per heavy atom. The van der Waals surface area contributed by atoms with Gasteiger partial charge in [-0.3, -0.25) is 13.8 Å². The van der Waals surface area contributed by atoms with Crippen molar-refractivity contribution in [3.05, 3.63) is 152 Å². The minimum atomic E-state index is 0. The van der Waals surface area contributed by atoms with Crippen LogP contribution >= 0.6 is 0 Å². The zero-order chi connectivity index (χ0) is 31.3. The van der Waals surface area contributed by atoms with E-state index in [1.54, 1.807) is 0 Å². The van der Waals surface area contributed by atoms with Gasteiger partial charge in [-0.15, -0.1) is 24.3 Å². The number of benzene rings is 6. The number of hydrogen-bond donors (Lipinski definition) is 0. The van der Waals surface area contributed by atoms with Crippen LogP contribution in [-0.4, -0.2) is 32.6 Å². The van der Waals surface area contributed by atoms with Crippen LogP contribution in [0.25, 0.3) is 88.5 Å². The van der Waals surface area contributed by atoms with Gasteiger partial charge >= 0.3 is 0 Å². The Kier molecular flexibility index (Phi) is 5.97. The first-order valence-electron chi connectivity index (χ1n) is 16.0. The van der Waals surface area contributed by atoms with Crippen molar-refractivity contribution in [3.8, 4) is 0 Å². The van der Waals surface area contributed by atoms with Gasteiger partial charge in [-0.1, -0.05) is 78.2 Å². The first kappa shape index (κ1) is 28.0. The maximum absolute atomic E-state index is 4.94. The zero-order valence-electron chi connectivity index (χ0n) is 25.8. The number of hydrogen-bond acceptors (Lipinski definition) is 3. The molecule has 0 bridgehead atoms. The van der Waals surface area contributed by atoms with E-state index in [4.69, 9.17) is 15.0 Å². The van der Waals surface area contributed by atoms with Crippen LogP contribution in [0.15, 0.2) is 146 Å². The number of imidazole rings is 3. The molecule has 6 aromatic heterocycles. The van der Waals surface area contributed by atoms with E-state index in [1.165, 1.54) is 27.3 Å². The van der Waals surface area contributed by atoms with E-state index in [0.29, 0.717) is 0 Å². The van der Waals surface area contributed by atoms with Gasteiger partial charge in [0.1, 0.15) is 0 Å². The summed E-state index contributed by atoms with van der Waals surface area (Å²) in [4.78, 5) is 14.7. The molecule has 0 spiro atoms. The summed E-state index contributed by atoms with van der Waals surface area (Å²) < 4.78 is 8.87. The summed E-state index contributed by atoms with van der Waals surface area (Å²) in [5.74, 6) is 1.85. The third-order valence-electron chi connectivity index (χ3n) is 9.48. The molecule has 1 radical (unpaired) electrons. The predicted octanol–water partition coefficient (Wildman–Crippen LogP) is 9.29. The first-order chi connectivity index (χ1) is 23.8. The Hall–Kier alpha value is -6.08. The van der Waals surface area contributed by atoms with Crippen LogP contribution in [0, 0.1) is 6.07 Å². The second-order valence-electron chi connectivity index (χ2n) is 12.1. The van der Waals surface area contributed by atoms with Crippen LogP contribution in [0.4, 0.5) is 0 Å². The Bertz CT molecular complexity index is 3030. The molecule has 6 heterocycles. The van der Waals surface area contributed by atoms with Gasteiger partial charge < -0.3 is 8.80 Å². The molecule has 233 valence electrons. The average molecular weight is 807 g/mol. The maximum atomic E-state index is 4.94. The second-order valence-corrected chi connectivity index (χ2v) is 12.1. The largest absolute Gasteiger partial charge is 0.320 e. The molecule has 0 aliphatic rings. The van der Waals surface area contributed by atoms with Crippen molar-refractivity contribution < 1.29 is 20.1 Å². The molecule has 6 aromatic carbocycles. The summed E-state index contributed by atoms with van der Waals surface area (Å²) in [6.07, 6.45) is 0. The summed E-state index contributed by atoms with van der Waals surface area (Å²) in [7, 11) is 0. The predicted molar refractivity (Wildman–Crippen MR) is 194 cm³/mol. The monoisotopic (exact) mass is 807 g/mol. The van der Waals surface area contributed by atoms with Crippen molar-refractivity contribution in [2.24, 2.45) is 0 Å². The van der Waals surface area contributed by atoms with E-state index in [0.717, 1.165) is 61.2 Å². The SMILES string of the molecule is [Ir].[c-]1cccc2c1c1nc3ccccc3n1c1nc3ccccc3n21.c1ccc2c(c1)cc1c3ccccc3n3c4ccccc4nc3n21. The van der Waals surface area contributed by atoms with E-state index < -0.39 is 0 Å². The molecule has 7 nitrogen and oxygen atoms in total. The van der Waals surface area contributed by atoms with Crippen LogP contribution < -0.4 is 0 Å². The third-order valence-corrected chi connectivity index (χ3v) is 9.48. The van der Waals surface area contributed by atoms with Crippen LogP contribution in [0.3, 0.4) is 0 Å². The van der Waals surface area contributed by atoms with E-state index in [-0.39, 0.29) is 20.1 Å². The molecule has 0 N–H and O–H groups in total. The van der Waals surface area contributed by atoms with Crippen LogP contribution in [0.2, 0.25) is 0 Å². The van der Waals surface area contributed by atoms with E-state index in [9.17, 15) is 0 Å². The van der Waals surface area contributed by atoms with Crippen LogP contribution in [-0.2, 0) is 20.1 Å². The molecular weight excluding hydrogens is 783 g/mol. The molecule has 12 aromatic rings. The number of fused-ring (bicyclic) bond motifs is 20. The maximum Gasteiger partial charge on any atom is 0.220 e. The number of nitrogens with zero attached hydrogens (tertiary/aromatic N) is 7. The molecule has 0 unspecified atom stereocenters. The summed E-state index contributed by atoms with van der Waals surface area (Å²) in [6.45, 7) is 0. The van der Waals surface area contributed by atoms with Crippen molar-refractivity contribution >= 4 is 88.5 Å². The first-order valence-corrected chi connectivity index (χ1v) is 16.0. The number of rotatable bonds is 0. The Labute approximate surface area is 291 Å². The number of aromatic nitrogens is 7. The molecule has 0 saturated heterocycles. The fourth-order valence-corrected chi connectivity index (χ4v) is 7.44. The molecule has 0 aliphatic heterocycles. The van der Waals surface area contributed by atoms with Crippen molar-refractivity contribution in [1.82, 2.24) is 32.6 Å². The fraction of sp³-hybridized carbons (Fsp3) is 0. The van der Waals surface area contributed by atoms with Crippen molar-refractivity contribution in [2.75, 3.05) is 0 Å². The molecule has 0 fully saturated rings. The molecule has 49 heavy (non-hydrogen) atoms. The second kappa shape index (κ2) is 10.5. The zero-order valence-corrected chi connectivity index (χ0v) is 28.2. The van der Waals surface area contributed by atoms with Gasteiger partial charge in [0.25, 0.3) is 0 Å². The smallest absolute Gasteiger partial charge is 0.220 e. The van der Waals surface area contributed by atoms with Crippen molar-refractivity contribution in [2.45, 2.75) is 0 Å². The van der Waals surface area contributed by atoms with Crippen molar-refractivity contribution in [1.29, 1.82) is 0 Å². The van der Waals surface area contributed by atoms with E-state index >= 15 is 0 Å². The Balaban J connectivity index is 0.000000122. The van der Waals surface area contributed by atoms with E-state index in [2.05, 4.69) is 115 Å². The van der Waals surface area contributed by atoms with Crippen LogP contribution in [0.5, 0.6) is 0 Å². The normalized spacial score (nSPS) is 11.9. The van der Waals surface area contributed by atoms with Crippen LogP contribution in [0.1, 0.15) is 0 Å². The Morgan fingerprint density at radius 3 is 1.61 bits per heavy atom. The molecule has 0 atom stereocenters. The third kappa shape index (κ3) is 3.84. The topological polar surface area (TPSA) is 56.3 Å².